The number of hydrogen-bond acceptors (Lipinski definition) is 3. The summed E-state index contributed by atoms with van der Waals surface area (Å²) >= 11 is 0. The highest BCUT2D eigenvalue weighted by molar-refractivity contribution is 5.85. The summed E-state index contributed by atoms with van der Waals surface area (Å²) in [5.74, 6) is 0.490. The van der Waals surface area contributed by atoms with Gasteiger partial charge in [-0.1, -0.05) is 12.8 Å². The number of hydrogen-bond donors (Lipinski definition) is 1. The van der Waals surface area contributed by atoms with Crippen LogP contribution in [-0.2, 0) is 6.42 Å². The maximum atomic E-state index is 10.6. The Hall–Kier alpha value is -1.45. The maximum Gasteiger partial charge on any atom is 0.354 e. The van der Waals surface area contributed by atoms with Crippen LogP contribution in [0.3, 0.4) is 0 Å². The molecule has 0 amide bonds. The Morgan fingerprint density at radius 3 is 3.00 bits per heavy atom. The van der Waals surface area contributed by atoms with E-state index in [9.17, 15) is 4.79 Å². The molecule has 0 radical (unpaired) electrons. The zero-order valence-corrected chi connectivity index (χ0v) is 7.81. The molecular formula is C10H12N2O2. The minimum atomic E-state index is -0.986. The Morgan fingerprint density at radius 2 is 2.36 bits per heavy atom. The van der Waals surface area contributed by atoms with Crippen molar-refractivity contribution in [3.8, 4) is 0 Å². The van der Waals surface area contributed by atoms with Gasteiger partial charge in [0.15, 0.2) is 5.69 Å². The van der Waals surface area contributed by atoms with Crippen molar-refractivity contribution in [2.75, 3.05) is 0 Å². The van der Waals surface area contributed by atoms with Gasteiger partial charge in [-0.3, -0.25) is 0 Å². The monoisotopic (exact) mass is 192 g/mol. The number of carboxylic acids is 1. The molecule has 0 spiro atoms. The SMILES string of the molecule is O=C(O)c1ccnc(CCC2CC2)n1. The molecule has 1 heterocycles. The van der Waals surface area contributed by atoms with E-state index in [1.54, 1.807) is 0 Å². The molecule has 1 fully saturated rings. The van der Waals surface area contributed by atoms with Gasteiger partial charge >= 0.3 is 5.97 Å². The highest BCUT2D eigenvalue weighted by Crippen LogP contribution is 2.33. The average molecular weight is 192 g/mol. The summed E-state index contributed by atoms with van der Waals surface area (Å²) in [4.78, 5) is 18.6. The Morgan fingerprint density at radius 1 is 1.57 bits per heavy atom. The number of aryl methyl sites for hydroxylation is 1. The summed E-state index contributed by atoms with van der Waals surface area (Å²) in [7, 11) is 0. The van der Waals surface area contributed by atoms with Gasteiger partial charge in [-0.2, -0.15) is 0 Å². The van der Waals surface area contributed by atoms with Crippen molar-refractivity contribution < 1.29 is 9.90 Å². The third-order valence-electron chi connectivity index (χ3n) is 2.40. The first kappa shape index (κ1) is 9.12. The van der Waals surface area contributed by atoms with Gasteiger partial charge in [0.2, 0.25) is 0 Å². The highest BCUT2D eigenvalue weighted by atomic mass is 16.4. The number of rotatable bonds is 4. The number of aromatic nitrogens is 2. The van der Waals surface area contributed by atoms with E-state index >= 15 is 0 Å². The molecule has 2 rings (SSSR count). The van der Waals surface area contributed by atoms with Crippen molar-refractivity contribution in [3.05, 3.63) is 23.8 Å². The van der Waals surface area contributed by atoms with Crippen LogP contribution >= 0.6 is 0 Å². The van der Waals surface area contributed by atoms with Crippen LogP contribution < -0.4 is 0 Å². The summed E-state index contributed by atoms with van der Waals surface area (Å²) in [6, 6.07) is 1.42. The Labute approximate surface area is 82.0 Å². The second kappa shape index (κ2) is 3.74. The number of aromatic carboxylic acids is 1. The molecule has 1 aliphatic carbocycles. The molecule has 1 aliphatic rings. The van der Waals surface area contributed by atoms with E-state index in [4.69, 9.17) is 5.11 Å². The lowest BCUT2D eigenvalue weighted by molar-refractivity contribution is 0.0690. The molecule has 0 aromatic carbocycles. The van der Waals surface area contributed by atoms with Gasteiger partial charge in [-0.15, -0.1) is 0 Å². The number of carboxylic acid groups (broad SMARTS) is 1. The van der Waals surface area contributed by atoms with Crippen molar-refractivity contribution in [2.45, 2.75) is 25.7 Å². The van der Waals surface area contributed by atoms with Crippen LogP contribution in [0.25, 0.3) is 0 Å². The lowest BCUT2D eigenvalue weighted by atomic mass is 10.2. The van der Waals surface area contributed by atoms with E-state index in [1.165, 1.54) is 25.1 Å². The van der Waals surface area contributed by atoms with E-state index < -0.39 is 5.97 Å². The van der Waals surface area contributed by atoms with Crippen molar-refractivity contribution >= 4 is 5.97 Å². The van der Waals surface area contributed by atoms with Crippen molar-refractivity contribution in [1.82, 2.24) is 9.97 Å². The lowest BCUT2D eigenvalue weighted by Crippen LogP contribution is -2.04. The minimum absolute atomic E-state index is 0.0887. The zero-order chi connectivity index (χ0) is 9.97. The molecule has 0 saturated heterocycles. The van der Waals surface area contributed by atoms with Gasteiger partial charge < -0.3 is 5.11 Å². The topological polar surface area (TPSA) is 63.1 Å². The molecule has 1 aromatic heterocycles. The fourth-order valence-electron chi connectivity index (χ4n) is 1.38. The molecule has 0 bridgehead atoms. The van der Waals surface area contributed by atoms with Crippen LogP contribution in [0.2, 0.25) is 0 Å². The molecule has 4 nitrogen and oxygen atoms in total. The Balaban J connectivity index is 2.01. The molecule has 1 saturated carbocycles. The molecule has 4 heteroatoms. The van der Waals surface area contributed by atoms with Crippen molar-refractivity contribution in [2.24, 2.45) is 5.92 Å². The van der Waals surface area contributed by atoms with E-state index in [-0.39, 0.29) is 5.69 Å². The summed E-state index contributed by atoms with van der Waals surface area (Å²) in [6.07, 6.45) is 6.00. The van der Waals surface area contributed by atoms with Crippen LogP contribution in [0.15, 0.2) is 12.3 Å². The average Bonchev–Trinajstić information content (AvgIpc) is 2.99. The fraction of sp³-hybridized carbons (Fsp3) is 0.500. The van der Waals surface area contributed by atoms with Crippen molar-refractivity contribution in [1.29, 1.82) is 0 Å². The van der Waals surface area contributed by atoms with E-state index in [2.05, 4.69) is 9.97 Å². The molecule has 74 valence electrons. The quantitative estimate of drug-likeness (QED) is 0.785. The first-order valence-electron chi connectivity index (χ1n) is 4.81. The van der Waals surface area contributed by atoms with Gasteiger partial charge in [0.1, 0.15) is 5.82 Å². The number of nitrogens with zero attached hydrogens (tertiary/aromatic N) is 2. The molecule has 0 atom stereocenters. The van der Waals surface area contributed by atoms with Crippen LogP contribution in [0.1, 0.15) is 35.6 Å². The van der Waals surface area contributed by atoms with Crippen LogP contribution in [0.4, 0.5) is 0 Å². The summed E-state index contributed by atoms with van der Waals surface area (Å²) in [6.45, 7) is 0. The van der Waals surface area contributed by atoms with Crippen LogP contribution in [0, 0.1) is 5.92 Å². The first-order chi connectivity index (χ1) is 6.75. The number of carbonyl (C=O) groups is 1. The predicted octanol–water partition coefficient (Wildman–Crippen LogP) is 1.52. The van der Waals surface area contributed by atoms with Gasteiger partial charge in [0, 0.05) is 12.6 Å². The standard InChI is InChI=1S/C10H12N2O2/c13-10(14)8-5-6-11-9(12-8)4-3-7-1-2-7/h5-7H,1-4H2,(H,13,14). The van der Waals surface area contributed by atoms with Gasteiger partial charge in [0.25, 0.3) is 0 Å². The minimum Gasteiger partial charge on any atom is -0.477 e. The zero-order valence-electron chi connectivity index (χ0n) is 7.81. The summed E-state index contributed by atoms with van der Waals surface area (Å²) < 4.78 is 0. The first-order valence-corrected chi connectivity index (χ1v) is 4.81. The summed E-state index contributed by atoms with van der Waals surface area (Å²) in [5, 5.41) is 8.71. The highest BCUT2D eigenvalue weighted by Gasteiger charge is 2.21. The molecule has 0 unspecified atom stereocenters. The molecule has 14 heavy (non-hydrogen) atoms. The second-order valence-electron chi connectivity index (χ2n) is 3.65. The second-order valence-corrected chi connectivity index (χ2v) is 3.65. The maximum absolute atomic E-state index is 10.6. The molecule has 0 aliphatic heterocycles. The van der Waals surface area contributed by atoms with Gasteiger partial charge in [-0.25, -0.2) is 14.8 Å². The third kappa shape index (κ3) is 2.28. The smallest absolute Gasteiger partial charge is 0.354 e. The largest absolute Gasteiger partial charge is 0.477 e. The van der Waals surface area contributed by atoms with E-state index in [1.807, 2.05) is 0 Å². The van der Waals surface area contributed by atoms with Crippen LogP contribution in [0.5, 0.6) is 0 Å². The van der Waals surface area contributed by atoms with E-state index in [0.29, 0.717) is 5.82 Å². The fourth-order valence-corrected chi connectivity index (χ4v) is 1.38. The summed E-state index contributed by atoms with van der Waals surface area (Å²) in [5.41, 5.74) is 0.0887. The normalized spacial score (nSPS) is 15.4. The molecule has 1 aromatic rings. The van der Waals surface area contributed by atoms with Crippen molar-refractivity contribution in [3.63, 3.8) is 0 Å². The Kier molecular flexibility index (Phi) is 2.43. The Bertz CT molecular complexity index is 348. The predicted molar refractivity (Wildman–Crippen MR) is 50.0 cm³/mol. The third-order valence-corrected chi connectivity index (χ3v) is 2.40. The van der Waals surface area contributed by atoms with Gasteiger partial charge in [-0.05, 0) is 18.4 Å². The lowest BCUT2D eigenvalue weighted by Gasteiger charge is -1.99. The molecule has 1 N–H and O–H groups in total. The van der Waals surface area contributed by atoms with Gasteiger partial charge in [0.05, 0.1) is 0 Å². The van der Waals surface area contributed by atoms with E-state index in [0.717, 1.165) is 18.8 Å². The van der Waals surface area contributed by atoms with Crippen LogP contribution in [-0.4, -0.2) is 21.0 Å². The molecular weight excluding hydrogens is 180 g/mol.